The van der Waals surface area contributed by atoms with Crippen LogP contribution in [0.15, 0.2) is 18.2 Å². The van der Waals surface area contributed by atoms with Gasteiger partial charge in [0.05, 0.1) is 20.3 Å². The van der Waals surface area contributed by atoms with Gasteiger partial charge in [-0.05, 0) is 24.6 Å². The molecular formula is C15H23NO3. The molecule has 0 radical (unpaired) electrons. The van der Waals surface area contributed by atoms with Crippen molar-refractivity contribution in [3.8, 4) is 11.5 Å². The molecule has 0 spiro atoms. The normalized spacial score (nSPS) is 12.3. The van der Waals surface area contributed by atoms with Gasteiger partial charge in [-0.15, -0.1) is 0 Å². The number of nitrogens with one attached hydrogen (secondary N) is 1. The van der Waals surface area contributed by atoms with Gasteiger partial charge in [0.2, 0.25) is 0 Å². The number of methoxy groups -OCH3 is 2. The first-order chi connectivity index (χ1) is 9.03. The second-order valence-electron chi connectivity index (χ2n) is 4.72. The van der Waals surface area contributed by atoms with Crippen molar-refractivity contribution < 1.29 is 14.3 Å². The summed E-state index contributed by atoms with van der Waals surface area (Å²) >= 11 is 0. The van der Waals surface area contributed by atoms with Gasteiger partial charge in [-0.2, -0.15) is 0 Å². The Morgan fingerprint density at radius 1 is 1.21 bits per heavy atom. The maximum Gasteiger partial charge on any atom is 0.179 e. The smallest absolute Gasteiger partial charge is 0.179 e. The molecule has 19 heavy (non-hydrogen) atoms. The van der Waals surface area contributed by atoms with E-state index in [0.29, 0.717) is 17.1 Å². The van der Waals surface area contributed by atoms with Crippen LogP contribution in [-0.2, 0) is 0 Å². The molecule has 0 heterocycles. The third-order valence-electron chi connectivity index (χ3n) is 2.93. The fourth-order valence-corrected chi connectivity index (χ4v) is 1.97. The Morgan fingerprint density at radius 3 is 2.32 bits per heavy atom. The second kappa shape index (κ2) is 7.14. The molecule has 0 aromatic heterocycles. The molecule has 1 N–H and O–H groups in total. The summed E-state index contributed by atoms with van der Waals surface area (Å²) in [5.41, 5.74) is 0.637. The van der Waals surface area contributed by atoms with E-state index >= 15 is 0 Å². The standard InChI is InChI=1S/C15H23NO3/c1-6-12(16-10(2)3)15(17)11-7-8-13(18-4)14(9-11)19-5/h7-10,12,16H,6H2,1-5H3. The molecule has 0 aliphatic rings. The van der Waals surface area contributed by atoms with Crippen LogP contribution in [0.25, 0.3) is 0 Å². The number of Topliss-reactive ketones (excluding diaryl/α,β-unsaturated/α-hetero) is 1. The molecule has 0 saturated heterocycles. The molecule has 0 bridgehead atoms. The van der Waals surface area contributed by atoms with E-state index in [2.05, 4.69) is 5.32 Å². The first-order valence-electron chi connectivity index (χ1n) is 6.55. The average molecular weight is 265 g/mol. The average Bonchev–Trinajstić information content (AvgIpc) is 2.42. The van der Waals surface area contributed by atoms with Crippen molar-refractivity contribution in [3.63, 3.8) is 0 Å². The zero-order valence-corrected chi connectivity index (χ0v) is 12.3. The largest absolute Gasteiger partial charge is 0.493 e. The number of carbonyl (C=O) groups excluding carboxylic acids is 1. The van der Waals surface area contributed by atoms with Gasteiger partial charge in [-0.3, -0.25) is 4.79 Å². The fraction of sp³-hybridized carbons (Fsp3) is 0.533. The Labute approximate surface area is 115 Å². The highest BCUT2D eigenvalue weighted by atomic mass is 16.5. The lowest BCUT2D eigenvalue weighted by atomic mass is 10.0. The zero-order valence-electron chi connectivity index (χ0n) is 12.3. The second-order valence-corrected chi connectivity index (χ2v) is 4.72. The molecule has 0 aliphatic heterocycles. The lowest BCUT2D eigenvalue weighted by Crippen LogP contribution is -2.40. The van der Waals surface area contributed by atoms with E-state index in [4.69, 9.17) is 9.47 Å². The third kappa shape index (κ3) is 3.96. The molecule has 1 atom stereocenters. The van der Waals surface area contributed by atoms with Crippen molar-refractivity contribution in [2.24, 2.45) is 0 Å². The van der Waals surface area contributed by atoms with E-state index in [-0.39, 0.29) is 17.9 Å². The molecule has 4 nitrogen and oxygen atoms in total. The molecule has 1 aromatic carbocycles. The van der Waals surface area contributed by atoms with Crippen LogP contribution < -0.4 is 14.8 Å². The van der Waals surface area contributed by atoms with E-state index in [1.807, 2.05) is 20.8 Å². The van der Waals surface area contributed by atoms with E-state index in [0.717, 1.165) is 6.42 Å². The monoisotopic (exact) mass is 265 g/mol. The minimum absolute atomic E-state index is 0.0807. The van der Waals surface area contributed by atoms with Gasteiger partial charge >= 0.3 is 0 Å². The van der Waals surface area contributed by atoms with Gasteiger partial charge in [0.25, 0.3) is 0 Å². The highest BCUT2D eigenvalue weighted by Crippen LogP contribution is 2.28. The zero-order chi connectivity index (χ0) is 14.4. The van der Waals surface area contributed by atoms with Gasteiger partial charge < -0.3 is 14.8 Å². The lowest BCUT2D eigenvalue weighted by Gasteiger charge is -2.19. The summed E-state index contributed by atoms with van der Waals surface area (Å²) in [6, 6.07) is 5.36. The molecular weight excluding hydrogens is 242 g/mol. The van der Waals surface area contributed by atoms with Crippen LogP contribution in [-0.4, -0.2) is 32.1 Å². The Balaban J connectivity index is 2.98. The number of hydrogen-bond acceptors (Lipinski definition) is 4. The van der Waals surface area contributed by atoms with Crippen molar-refractivity contribution in [2.75, 3.05) is 14.2 Å². The molecule has 1 rings (SSSR count). The highest BCUT2D eigenvalue weighted by Gasteiger charge is 2.20. The summed E-state index contributed by atoms with van der Waals surface area (Å²) in [6.07, 6.45) is 0.755. The minimum atomic E-state index is -0.168. The van der Waals surface area contributed by atoms with Gasteiger partial charge in [0.15, 0.2) is 17.3 Å². The number of ketones is 1. The first-order valence-corrected chi connectivity index (χ1v) is 6.55. The van der Waals surface area contributed by atoms with E-state index in [1.54, 1.807) is 32.4 Å². The first kappa shape index (κ1) is 15.5. The summed E-state index contributed by atoms with van der Waals surface area (Å²) < 4.78 is 10.4. The molecule has 4 heteroatoms. The fourth-order valence-electron chi connectivity index (χ4n) is 1.97. The summed E-state index contributed by atoms with van der Waals surface area (Å²) in [5.74, 6) is 1.29. The molecule has 1 aromatic rings. The summed E-state index contributed by atoms with van der Waals surface area (Å²) in [5, 5.41) is 3.27. The molecule has 106 valence electrons. The van der Waals surface area contributed by atoms with Crippen molar-refractivity contribution in [3.05, 3.63) is 23.8 Å². The van der Waals surface area contributed by atoms with Crippen molar-refractivity contribution in [1.29, 1.82) is 0 Å². The van der Waals surface area contributed by atoms with Crippen molar-refractivity contribution in [1.82, 2.24) is 5.32 Å². The molecule has 0 amide bonds. The highest BCUT2D eigenvalue weighted by molar-refractivity contribution is 6.00. The number of carbonyl (C=O) groups is 1. The topological polar surface area (TPSA) is 47.6 Å². The van der Waals surface area contributed by atoms with Gasteiger partial charge in [-0.1, -0.05) is 20.8 Å². The van der Waals surface area contributed by atoms with Crippen molar-refractivity contribution >= 4 is 5.78 Å². The van der Waals surface area contributed by atoms with Crippen LogP contribution in [0.3, 0.4) is 0 Å². The molecule has 0 aliphatic carbocycles. The number of ether oxygens (including phenoxy) is 2. The van der Waals surface area contributed by atoms with E-state index < -0.39 is 0 Å². The summed E-state index contributed by atoms with van der Waals surface area (Å²) in [7, 11) is 3.14. The Hall–Kier alpha value is -1.55. The van der Waals surface area contributed by atoms with Crippen LogP contribution in [0.4, 0.5) is 0 Å². The van der Waals surface area contributed by atoms with Crippen molar-refractivity contribution in [2.45, 2.75) is 39.3 Å². The Bertz CT molecular complexity index is 429. The quantitative estimate of drug-likeness (QED) is 0.770. The predicted molar refractivity (Wildman–Crippen MR) is 76.2 cm³/mol. The molecule has 0 fully saturated rings. The number of hydrogen-bond donors (Lipinski definition) is 1. The lowest BCUT2D eigenvalue weighted by molar-refractivity contribution is 0.0935. The third-order valence-corrected chi connectivity index (χ3v) is 2.93. The summed E-state index contributed by atoms with van der Waals surface area (Å²) in [6.45, 7) is 6.06. The maximum absolute atomic E-state index is 12.4. The number of rotatable bonds is 7. The molecule has 1 unspecified atom stereocenters. The van der Waals surface area contributed by atoms with Gasteiger partial charge in [0.1, 0.15) is 0 Å². The summed E-state index contributed by atoms with van der Waals surface area (Å²) in [4.78, 5) is 12.4. The van der Waals surface area contributed by atoms with Gasteiger partial charge in [0, 0.05) is 11.6 Å². The van der Waals surface area contributed by atoms with E-state index in [9.17, 15) is 4.79 Å². The minimum Gasteiger partial charge on any atom is -0.493 e. The Kier molecular flexibility index (Phi) is 5.83. The Morgan fingerprint density at radius 2 is 1.84 bits per heavy atom. The SMILES string of the molecule is CCC(NC(C)C)C(=O)c1ccc(OC)c(OC)c1. The molecule has 0 saturated carbocycles. The van der Waals surface area contributed by atoms with Crippen LogP contribution in [0, 0.1) is 0 Å². The predicted octanol–water partition coefficient (Wildman–Crippen LogP) is 2.66. The van der Waals surface area contributed by atoms with Crippen LogP contribution in [0.2, 0.25) is 0 Å². The van der Waals surface area contributed by atoms with Crippen LogP contribution in [0.1, 0.15) is 37.6 Å². The van der Waals surface area contributed by atoms with Crippen LogP contribution >= 0.6 is 0 Å². The van der Waals surface area contributed by atoms with Crippen LogP contribution in [0.5, 0.6) is 11.5 Å². The van der Waals surface area contributed by atoms with E-state index in [1.165, 1.54) is 0 Å². The number of benzene rings is 1. The maximum atomic E-state index is 12.4. The van der Waals surface area contributed by atoms with Gasteiger partial charge in [-0.25, -0.2) is 0 Å².